The van der Waals surface area contributed by atoms with Gasteiger partial charge in [-0.1, -0.05) is 6.07 Å². The second-order valence-electron chi connectivity index (χ2n) is 1.17. The van der Waals surface area contributed by atoms with Crippen molar-refractivity contribution < 1.29 is 58.2 Å². The summed E-state index contributed by atoms with van der Waals surface area (Å²) in [4.78, 5) is 0. The summed E-state index contributed by atoms with van der Waals surface area (Å²) in [6.45, 7) is 1.91. The van der Waals surface area contributed by atoms with E-state index in [9.17, 15) is 0 Å². The van der Waals surface area contributed by atoms with Gasteiger partial charge in [-0.15, -0.1) is 0 Å². The van der Waals surface area contributed by atoms with Gasteiger partial charge >= 0.3 is 58.2 Å². The van der Waals surface area contributed by atoms with Crippen molar-refractivity contribution in [2.24, 2.45) is 0 Å². The zero-order valence-electron chi connectivity index (χ0n) is 4.55. The van der Waals surface area contributed by atoms with Crippen molar-refractivity contribution >= 4 is 0 Å². The van der Waals surface area contributed by atoms with E-state index in [0.29, 0.717) is 0 Å². The van der Waals surface area contributed by atoms with Crippen molar-refractivity contribution in [3.8, 4) is 0 Å². The molecule has 7 heavy (non-hydrogen) atoms. The SMILES string of the molecule is Cc1cc[n-]n1.[Rb+]. The van der Waals surface area contributed by atoms with Crippen LogP contribution in [0, 0.1) is 6.92 Å². The van der Waals surface area contributed by atoms with Crippen LogP contribution in [0.25, 0.3) is 0 Å². The summed E-state index contributed by atoms with van der Waals surface area (Å²) >= 11 is 0. The maximum atomic E-state index is 3.67. The molecule has 1 aromatic heterocycles. The molecule has 2 nitrogen and oxygen atoms in total. The Labute approximate surface area is 91.5 Å². The third kappa shape index (κ3) is 2.75. The molecule has 1 heterocycles. The Hall–Kier alpha value is 1.02. The molecule has 3 heteroatoms. The van der Waals surface area contributed by atoms with E-state index in [1.165, 1.54) is 0 Å². The molecule has 0 aliphatic heterocycles. The van der Waals surface area contributed by atoms with Crippen molar-refractivity contribution in [2.45, 2.75) is 6.92 Å². The second kappa shape index (κ2) is 3.95. The van der Waals surface area contributed by atoms with Gasteiger partial charge in [0, 0.05) is 5.69 Å². The Kier molecular flexibility index (Phi) is 4.52. The molecule has 0 aliphatic carbocycles. The maximum Gasteiger partial charge on any atom is 1.00 e. The minimum Gasteiger partial charge on any atom is -0.582 e. The molecule has 0 aliphatic rings. The molecule has 0 N–H and O–H groups in total. The summed E-state index contributed by atoms with van der Waals surface area (Å²) in [6, 6.07) is 1.86. The van der Waals surface area contributed by atoms with Gasteiger partial charge < -0.3 is 10.2 Å². The minimum atomic E-state index is 0. The standard InChI is InChI=1S/C4H5N2.Rb/c1-4-2-3-5-6-4;/h2-3H,1H3;/q-1;+1. The van der Waals surface area contributed by atoms with Gasteiger partial charge in [0.05, 0.1) is 0 Å². The van der Waals surface area contributed by atoms with E-state index in [2.05, 4.69) is 10.2 Å². The summed E-state index contributed by atoms with van der Waals surface area (Å²) in [5, 5.41) is 7.24. The van der Waals surface area contributed by atoms with Crippen molar-refractivity contribution in [2.75, 3.05) is 0 Å². The van der Waals surface area contributed by atoms with Crippen LogP contribution in [-0.4, -0.2) is 5.10 Å². The number of nitrogens with zero attached hydrogens (tertiary/aromatic N) is 2. The fourth-order valence-electron chi connectivity index (χ4n) is 0.299. The summed E-state index contributed by atoms with van der Waals surface area (Å²) in [6.07, 6.45) is 1.68. The third-order valence-corrected chi connectivity index (χ3v) is 0.598. The largest absolute Gasteiger partial charge is 1.00 e. The summed E-state index contributed by atoms with van der Waals surface area (Å²) in [5.74, 6) is 0. The number of rotatable bonds is 0. The van der Waals surface area contributed by atoms with E-state index < -0.39 is 0 Å². The van der Waals surface area contributed by atoms with Gasteiger partial charge in [0.1, 0.15) is 0 Å². The van der Waals surface area contributed by atoms with Crippen LogP contribution in [0.2, 0.25) is 0 Å². The normalized spacial score (nSPS) is 7.57. The average Bonchev–Trinajstić information content (AvgIpc) is 1.86. The van der Waals surface area contributed by atoms with Crippen molar-refractivity contribution in [3.63, 3.8) is 0 Å². The van der Waals surface area contributed by atoms with Gasteiger partial charge in [0.15, 0.2) is 0 Å². The molecule has 0 fully saturated rings. The zero-order valence-corrected chi connectivity index (χ0v) is 9.47. The molecule has 0 unspecified atom stereocenters. The summed E-state index contributed by atoms with van der Waals surface area (Å²) in [5.41, 5.74) is 0.981. The Bertz CT molecular complexity index is 113. The average molecular weight is 167 g/mol. The second-order valence-corrected chi connectivity index (χ2v) is 1.17. The molecule has 0 aromatic carbocycles. The van der Waals surface area contributed by atoms with Crippen molar-refractivity contribution in [1.82, 2.24) is 10.2 Å². The predicted molar refractivity (Wildman–Crippen MR) is 22.3 cm³/mol. The van der Waals surface area contributed by atoms with E-state index in [1.807, 2.05) is 13.0 Å². The molecular weight excluding hydrogens is 162 g/mol. The van der Waals surface area contributed by atoms with Gasteiger partial charge in [-0.3, -0.25) is 0 Å². The van der Waals surface area contributed by atoms with Crippen LogP contribution in [0.4, 0.5) is 0 Å². The van der Waals surface area contributed by atoms with E-state index in [-0.39, 0.29) is 58.2 Å². The molecule has 0 bridgehead atoms. The van der Waals surface area contributed by atoms with E-state index in [1.54, 1.807) is 6.20 Å². The van der Waals surface area contributed by atoms with Crippen molar-refractivity contribution in [3.05, 3.63) is 18.0 Å². The van der Waals surface area contributed by atoms with Crippen LogP contribution in [0.15, 0.2) is 12.3 Å². The van der Waals surface area contributed by atoms with Crippen LogP contribution in [0.3, 0.4) is 0 Å². The molecule has 0 saturated heterocycles. The first kappa shape index (κ1) is 8.02. The molecule has 32 valence electrons. The topological polar surface area (TPSA) is 27.0 Å². The Balaban J connectivity index is 0.000000360. The van der Waals surface area contributed by atoms with E-state index in [0.717, 1.165) is 5.69 Å². The van der Waals surface area contributed by atoms with Gasteiger partial charge in [-0.2, -0.15) is 6.20 Å². The fourth-order valence-corrected chi connectivity index (χ4v) is 0.299. The van der Waals surface area contributed by atoms with Crippen LogP contribution >= 0.6 is 0 Å². The first-order valence-electron chi connectivity index (χ1n) is 1.80. The molecular formula is C4H5N2Rb. The number of aryl methyl sites for hydroxylation is 1. The molecule has 0 radical (unpaired) electrons. The van der Waals surface area contributed by atoms with Gasteiger partial charge in [-0.25, -0.2) is 0 Å². The van der Waals surface area contributed by atoms with Crippen LogP contribution in [0.1, 0.15) is 5.69 Å². The van der Waals surface area contributed by atoms with Crippen LogP contribution < -0.4 is 63.3 Å². The maximum absolute atomic E-state index is 3.67. The smallest absolute Gasteiger partial charge is 0.582 e. The molecule has 0 spiro atoms. The minimum absolute atomic E-state index is 0. The molecule has 1 aromatic rings. The molecule has 0 amide bonds. The summed E-state index contributed by atoms with van der Waals surface area (Å²) < 4.78 is 0. The van der Waals surface area contributed by atoms with Crippen LogP contribution in [0.5, 0.6) is 0 Å². The Morgan fingerprint density at radius 2 is 2.43 bits per heavy atom. The fraction of sp³-hybridized carbons (Fsp3) is 0.250. The van der Waals surface area contributed by atoms with Crippen molar-refractivity contribution in [1.29, 1.82) is 0 Å². The number of hydrogen-bond acceptors (Lipinski definition) is 1. The molecule has 0 saturated carbocycles. The Morgan fingerprint density at radius 1 is 1.71 bits per heavy atom. The molecule has 0 atom stereocenters. The molecule has 1 rings (SSSR count). The van der Waals surface area contributed by atoms with E-state index in [4.69, 9.17) is 0 Å². The first-order chi connectivity index (χ1) is 2.89. The first-order valence-corrected chi connectivity index (χ1v) is 1.80. The number of aromatic nitrogens is 2. The van der Waals surface area contributed by atoms with E-state index >= 15 is 0 Å². The van der Waals surface area contributed by atoms with Gasteiger partial charge in [0.25, 0.3) is 0 Å². The number of hydrogen-bond donors (Lipinski definition) is 0. The monoisotopic (exact) mass is 166 g/mol. The van der Waals surface area contributed by atoms with Gasteiger partial charge in [-0.05, 0) is 6.92 Å². The quantitative estimate of drug-likeness (QED) is 0.421. The predicted octanol–water partition coefficient (Wildman–Crippen LogP) is -2.65. The van der Waals surface area contributed by atoms with Crippen LogP contribution in [-0.2, 0) is 0 Å². The zero-order chi connectivity index (χ0) is 4.41. The third-order valence-electron chi connectivity index (χ3n) is 0.598. The van der Waals surface area contributed by atoms with Gasteiger partial charge in [0.2, 0.25) is 0 Å². The Morgan fingerprint density at radius 3 is 2.57 bits per heavy atom. The summed E-state index contributed by atoms with van der Waals surface area (Å²) in [7, 11) is 0.